The molecular formula is C33H33ClFN5O9. The summed E-state index contributed by atoms with van der Waals surface area (Å²) in [5.74, 6) is -2.69. The van der Waals surface area contributed by atoms with Crippen LogP contribution in [0.4, 0.5) is 10.2 Å². The number of fused-ring (bicyclic) bond motifs is 2. The summed E-state index contributed by atoms with van der Waals surface area (Å²) in [5, 5.41) is 11.3. The minimum atomic E-state index is -2.45. The molecule has 2 aromatic carbocycles. The summed E-state index contributed by atoms with van der Waals surface area (Å²) in [7, 11) is 0. The van der Waals surface area contributed by atoms with Crippen LogP contribution in [0.1, 0.15) is 42.9 Å². The van der Waals surface area contributed by atoms with Crippen molar-refractivity contribution in [3.63, 3.8) is 0 Å². The van der Waals surface area contributed by atoms with E-state index in [1.165, 1.54) is 10.9 Å². The van der Waals surface area contributed by atoms with E-state index in [1.807, 2.05) is 0 Å². The summed E-state index contributed by atoms with van der Waals surface area (Å²) in [5.41, 5.74) is 3.46. The highest BCUT2D eigenvalue weighted by Gasteiger charge is 2.81. The van der Waals surface area contributed by atoms with Crippen molar-refractivity contribution in [2.24, 2.45) is 0 Å². The Hall–Kier alpha value is -4.70. The van der Waals surface area contributed by atoms with Gasteiger partial charge in [0.25, 0.3) is 5.60 Å². The molecule has 0 radical (unpaired) electrons. The Kier molecular flexibility index (Phi) is 9.28. The number of aromatic nitrogens is 4. The van der Waals surface area contributed by atoms with Crippen molar-refractivity contribution in [1.29, 1.82) is 0 Å². The van der Waals surface area contributed by atoms with E-state index < -0.39 is 60.1 Å². The third kappa shape index (κ3) is 5.86. The van der Waals surface area contributed by atoms with Gasteiger partial charge in [-0.15, -0.1) is 0 Å². The monoisotopic (exact) mass is 697 g/mol. The average molecular weight is 698 g/mol. The molecule has 6 rings (SSSR count). The number of hydrogen-bond donors (Lipinski definition) is 2. The SMILES string of the molecule is CCOC(=O)c1ccccc1-c1ccc(CC(OC2[C@H]3O[C@@H](n4cnc5c(N)nc(Cl)nc54)[C@@H](F)[C@@]23O)(C(=O)OCC)C(=O)OCC)cc1. The maximum absolute atomic E-state index is 16.1. The van der Waals surface area contributed by atoms with Crippen LogP contribution in [0.5, 0.6) is 0 Å². The summed E-state index contributed by atoms with van der Waals surface area (Å²) in [6.07, 6.45) is -5.49. The molecule has 1 aliphatic heterocycles. The maximum atomic E-state index is 16.1. The zero-order valence-electron chi connectivity index (χ0n) is 26.7. The normalized spacial score (nSPS) is 22.8. The largest absolute Gasteiger partial charge is 0.463 e. The molecule has 49 heavy (non-hydrogen) atoms. The van der Waals surface area contributed by atoms with Crippen LogP contribution in [0.15, 0.2) is 54.9 Å². The van der Waals surface area contributed by atoms with Crippen molar-refractivity contribution in [1.82, 2.24) is 19.5 Å². The number of anilines is 1. The molecule has 3 N–H and O–H groups in total. The summed E-state index contributed by atoms with van der Waals surface area (Å²) in [4.78, 5) is 51.8. The smallest absolute Gasteiger partial charge is 0.350 e. The lowest BCUT2D eigenvalue weighted by atomic mass is 9.92. The van der Waals surface area contributed by atoms with Gasteiger partial charge in [-0.25, -0.2) is 23.8 Å². The molecule has 2 fully saturated rings. The Morgan fingerprint density at radius 3 is 2.29 bits per heavy atom. The standard InChI is InChI=1S/C33H33ClFN5O9/c1-4-45-28(41)20-10-8-7-9-19(20)18-13-11-17(12-14-18)15-32(29(42)46-5-2,30(43)47-6-3)49-24-23-33(24,44)22(35)27(48-23)40-16-37-21-25(36)38-31(34)39-26(21)40/h7-14,16,22-24,27,44H,4-6,15H2,1-3H3,(H2,36,38,39)/t22-,23-,24?,27-,33+/m1/s1. The number of alkyl halides is 1. The number of halogens is 2. The Morgan fingerprint density at radius 2 is 1.67 bits per heavy atom. The van der Waals surface area contributed by atoms with Crippen LogP contribution in [0.2, 0.25) is 5.28 Å². The van der Waals surface area contributed by atoms with Crippen LogP contribution >= 0.6 is 11.6 Å². The van der Waals surface area contributed by atoms with Gasteiger partial charge in [0.05, 0.1) is 31.7 Å². The third-order valence-electron chi connectivity index (χ3n) is 8.43. The highest BCUT2D eigenvalue weighted by atomic mass is 35.5. The van der Waals surface area contributed by atoms with Crippen LogP contribution in [-0.4, -0.2) is 91.9 Å². The van der Waals surface area contributed by atoms with Gasteiger partial charge in [-0.05, 0) is 55.1 Å². The molecule has 1 saturated carbocycles. The summed E-state index contributed by atoms with van der Waals surface area (Å²) in [6.45, 7) is 4.79. The highest BCUT2D eigenvalue weighted by Crippen LogP contribution is 2.58. The number of ether oxygens (including phenoxy) is 5. The second-order valence-corrected chi connectivity index (χ2v) is 11.7. The number of carbonyl (C=O) groups is 3. The van der Waals surface area contributed by atoms with Gasteiger partial charge in [-0.3, -0.25) is 4.57 Å². The fourth-order valence-corrected chi connectivity index (χ4v) is 6.19. The number of nitrogens with two attached hydrogens (primary N) is 1. The van der Waals surface area contributed by atoms with Crippen molar-refractivity contribution in [2.45, 2.75) is 63.0 Å². The van der Waals surface area contributed by atoms with Crippen LogP contribution in [0.3, 0.4) is 0 Å². The quantitative estimate of drug-likeness (QED) is 0.0950. The van der Waals surface area contributed by atoms with Crippen molar-refractivity contribution in [2.75, 3.05) is 25.6 Å². The van der Waals surface area contributed by atoms with Crippen LogP contribution < -0.4 is 5.73 Å². The Bertz CT molecular complexity index is 1890. The molecule has 4 aromatic rings. The molecule has 1 aliphatic carbocycles. The summed E-state index contributed by atoms with van der Waals surface area (Å²) in [6, 6.07) is 13.6. The highest BCUT2D eigenvalue weighted by molar-refractivity contribution is 6.28. The van der Waals surface area contributed by atoms with Crippen LogP contribution in [-0.2, 0) is 39.7 Å². The number of nitrogens with zero attached hydrogens (tertiary/aromatic N) is 4. The molecule has 16 heteroatoms. The third-order valence-corrected chi connectivity index (χ3v) is 8.60. The van der Waals surface area contributed by atoms with Crippen molar-refractivity contribution in [3.05, 3.63) is 71.3 Å². The number of hydrogen-bond acceptors (Lipinski definition) is 13. The van der Waals surface area contributed by atoms with Gasteiger partial charge >= 0.3 is 17.9 Å². The van der Waals surface area contributed by atoms with E-state index in [9.17, 15) is 19.5 Å². The molecular weight excluding hydrogens is 665 g/mol. The maximum Gasteiger partial charge on any atom is 0.350 e. The van der Waals surface area contributed by atoms with Crippen molar-refractivity contribution >= 4 is 46.5 Å². The van der Waals surface area contributed by atoms with Crippen LogP contribution in [0.25, 0.3) is 22.3 Å². The van der Waals surface area contributed by atoms with Gasteiger partial charge in [-0.2, -0.15) is 9.97 Å². The van der Waals surface area contributed by atoms with Gasteiger partial charge in [-0.1, -0.05) is 42.5 Å². The average Bonchev–Trinajstić information content (AvgIpc) is 3.31. The van der Waals surface area contributed by atoms with Gasteiger partial charge in [0, 0.05) is 6.42 Å². The summed E-state index contributed by atoms with van der Waals surface area (Å²) < 4.78 is 45.0. The van der Waals surface area contributed by atoms with Gasteiger partial charge in [0.15, 0.2) is 29.5 Å². The zero-order valence-corrected chi connectivity index (χ0v) is 27.4. The summed E-state index contributed by atoms with van der Waals surface area (Å²) >= 11 is 5.95. The molecule has 1 saturated heterocycles. The first-order chi connectivity index (χ1) is 23.5. The molecule has 2 aromatic heterocycles. The van der Waals surface area contributed by atoms with E-state index >= 15 is 4.39 Å². The Balaban J connectivity index is 1.29. The van der Waals surface area contributed by atoms with Crippen molar-refractivity contribution < 1.29 is 47.6 Å². The second kappa shape index (κ2) is 13.3. The number of nitrogen functional groups attached to an aromatic ring is 1. The number of esters is 3. The minimum absolute atomic E-state index is 0.0304. The molecule has 3 heterocycles. The zero-order chi connectivity index (χ0) is 35.1. The fourth-order valence-electron chi connectivity index (χ4n) is 6.02. The van der Waals surface area contributed by atoms with Crippen molar-refractivity contribution in [3.8, 4) is 11.1 Å². The van der Waals surface area contributed by atoms with E-state index in [-0.39, 0.29) is 42.1 Å². The van der Waals surface area contributed by atoms with Gasteiger partial charge in [0.2, 0.25) is 5.28 Å². The lowest BCUT2D eigenvalue weighted by Crippen LogP contribution is -2.55. The lowest BCUT2D eigenvalue weighted by molar-refractivity contribution is -0.201. The molecule has 5 atom stereocenters. The van der Waals surface area contributed by atoms with E-state index in [4.69, 9.17) is 41.0 Å². The Morgan fingerprint density at radius 1 is 1.02 bits per heavy atom. The lowest BCUT2D eigenvalue weighted by Gasteiger charge is -2.31. The molecule has 0 spiro atoms. The molecule has 2 aliphatic rings. The van der Waals surface area contributed by atoms with E-state index in [0.717, 1.165) is 0 Å². The van der Waals surface area contributed by atoms with E-state index in [0.29, 0.717) is 22.3 Å². The number of rotatable bonds is 12. The van der Waals surface area contributed by atoms with Crippen LogP contribution in [0, 0.1) is 0 Å². The molecule has 258 valence electrons. The Labute approximate surface area is 284 Å². The molecule has 1 unspecified atom stereocenters. The fraction of sp³-hybridized carbons (Fsp3) is 0.394. The first-order valence-corrected chi connectivity index (χ1v) is 15.9. The topological polar surface area (TPSA) is 187 Å². The van der Waals surface area contributed by atoms with Gasteiger partial charge < -0.3 is 34.5 Å². The predicted molar refractivity (Wildman–Crippen MR) is 171 cm³/mol. The number of aliphatic hydroxyl groups is 1. The molecule has 14 nitrogen and oxygen atoms in total. The number of benzene rings is 2. The van der Waals surface area contributed by atoms with E-state index in [2.05, 4.69) is 15.0 Å². The molecule has 0 bridgehead atoms. The second-order valence-electron chi connectivity index (χ2n) is 11.4. The van der Waals surface area contributed by atoms with Gasteiger partial charge in [0.1, 0.15) is 17.7 Å². The molecule has 0 amide bonds. The first kappa shape index (κ1) is 34.2. The minimum Gasteiger partial charge on any atom is -0.463 e. The number of carbonyl (C=O) groups excluding carboxylic acids is 3. The van der Waals surface area contributed by atoms with E-state index in [1.54, 1.807) is 69.3 Å². The first-order valence-electron chi connectivity index (χ1n) is 15.5. The number of imidazole rings is 1. The predicted octanol–water partition coefficient (Wildman–Crippen LogP) is 3.38.